The third-order valence-corrected chi connectivity index (χ3v) is 5.48. The topological polar surface area (TPSA) is 35.2 Å². The smallest absolute Gasteiger partial charge is 0.127 e. The lowest BCUT2D eigenvalue weighted by Crippen LogP contribution is -2.53. The van der Waals surface area contributed by atoms with Crippen LogP contribution >= 0.6 is 15.9 Å². The monoisotopic (exact) mass is 357 g/mol. The Morgan fingerprint density at radius 2 is 1.90 bits per heavy atom. The predicted octanol–water partition coefficient (Wildman–Crippen LogP) is 4.44. The second kappa shape index (κ2) is 6.35. The van der Waals surface area contributed by atoms with Gasteiger partial charge >= 0.3 is 0 Å². The molecule has 1 unspecified atom stereocenters. The van der Waals surface area contributed by atoms with Gasteiger partial charge in [0.25, 0.3) is 0 Å². The summed E-state index contributed by atoms with van der Waals surface area (Å²) in [6, 6.07) is 4.96. The molecule has 2 nitrogen and oxygen atoms in total. The molecule has 0 spiro atoms. The van der Waals surface area contributed by atoms with Gasteiger partial charge in [0, 0.05) is 17.6 Å². The third kappa shape index (κ3) is 3.85. The second-order valence-corrected chi connectivity index (χ2v) is 7.90. The largest absolute Gasteiger partial charge is 0.377 e. The summed E-state index contributed by atoms with van der Waals surface area (Å²) < 4.78 is 20.6. The summed E-state index contributed by atoms with van der Waals surface area (Å²) in [7, 11) is 1.73. The Kier molecular flexibility index (Phi) is 5.11. The van der Waals surface area contributed by atoms with Crippen molar-refractivity contribution in [3.63, 3.8) is 0 Å². The molecule has 1 aromatic carbocycles. The van der Waals surface area contributed by atoms with Gasteiger partial charge in [-0.25, -0.2) is 4.39 Å². The SMILES string of the molecule is COC1(C(N)Cc2ccc(Br)cc2F)CCC(C)(C)CC1. The zero-order valence-corrected chi connectivity index (χ0v) is 14.7. The van der Waals surface area contributed by atoms with E-state index in [1.165, 1.54) is 6.07 Å². The fraction of sp³-hybridized carbons (Fsp3) is 0.647. The van der Waals surface area contributed by atoms with Crippen molar-refractivity contribution in [3.8, 4) is 0 Å². The maximum atomic E-state index is 14.0. The Balaban J connectivity index is 2.12. The second-order valence-electron chi connectivity index (χ2n) is 6.98. The van der Waals surface area contributed by atoms with E-state index in [9.17, 15) is 4.39 Å². The summed E-state index contributed by atoms with van der Waals surface area (Å²) >= 11 is 3.28. The summed E-state index contributed by atoms with van der Waals surface area (Å²) in [5, 5.41) is 0. The van der Waals surface area contributed by atoms with Crippen molar-refractivity contribution < 1.29 is 9.13 Å². The van der Waals surface area contributed by atoms with Gasteiger partial charge in [-0.3, -0.25) is 0 Å². The van der Waals surface area contributed by atoms with E-state index in [-0.39, 0.29) is 17.5 Å². The number of hydrogen-bond acceptors (Lipinski definition) is 2. The maximum absolute atomic E-state index is 14.0. The molecule has 1 aliphatic carbocycles. The fourth-order valence-corrected chi connectivity index (χ4v) is 3.52. The molecule has 21 heavy (non-hydrogen) atoms. The van der Waals surface area contributed by atoms with E-state index in [0.29, 0.717) is 17.4 Å². The van der Waals surface area contributed by atoms with E-state index < -0.39 is 0 Å². The van der Waals surface area contributed by atoms with Gasteiger partial charge in [-0.15, -0.1) is 0 Å². The number of rotatable bonds is 4. The minimum atomic E-state index is -0.324. The minimum absolute atomic E-state index is 0.186. The van der Waals surface area contributed by atoms with Crippen molar-refractivity contribution in [2.75, 3.05) is 7.11 Å². The Morgan fingerprint density at radius 1 is 1.29 bits per heavy atom. The van der Waals surface area contributed by atoms with Gasteiger partial charge in [0.1, 0.15) is 5.82 Å². The molecule has 1 saturated carbocycles. The van der Waals surface area contributed by atoms with E-state index in [0.717, 1.165) is 30.2 Å². The number of benzene rings is 1. The van der Waals surface area contributed by atoms with Gasteiger partial charge in [0.2, 0.25) is 0 Å². The normalized spacial score (nSPS) is 22.0. The lowest BCUT2D eigenvalue weighted by Gasteiger charge is -2.46. The van der Waals surface area contributed by atoms with Gasteiger partial charge in [0.05, 0.1) is 5.60 Å². The average molecular weight is 358 g/mol. The first-order chi connectivity index (χ1) is 9.78. The summed E-state index contributed by atoms with van der Waals surface area (Å²) in [6.45, 7) is 4.57. The highest BCUT2D eigenvalue weighted by Gasteiger charge is 2.42. The molecular weight excluding hydrogens is 333 g/mol. The third-order valence-electron chi connectivity index (χ3n) is 4.99. The molecule has 0 saturated heterocycles. The maximum Gasteiger partial charge on any atom is 0.127 e. The average Bonchev–Trinajstić information content (AvgIpc) is 2.42. The lowest BCUT2D eigenvalue weighted by molar-refractivity contribution is -0.0782. The van der Waals surface area contributed by atoms with E-state index >= 15 is 0 Å². The Morgan fingerprint density at radius 3 is 2.43 bits per heavy atom. The molecule has 0 radical (unpaired) electrons. The van der Waals surface area contributed by atoms with Crippen LogP contribution in [0.4, 0.5) is 4.39 Å². The summed E-state index contributed by atoms with van der Waals surface area (Å²) in [4.78, 5) is 0. The summed E-state index contributed by atoms with van der Waals surface area (Å²) in [6.07, 6.45) is 4.58. The number of ether oxygens (including phenoxy) is 1. The van der Waals surface area contributed by atoms with Crippen LogP contribution in [-0.2, 0) is 11.2 Å². The Bertz CT molecular complexity index is 494. The van der Waals surface area contributed by atoms with Gasteiger partial charge in [-0.05, 0) is 55.2 Å². The Hall–Kier alpha value is -0.450. The fourth-order valence-electron chi connectivity index (χ4n) is 3.19. The van der Waals surface area contributed by atoms with Crippen LogP contribution in [0.15, 0.2) is 22.7 Å². The number of nitrogens with two attached hydrogens (primary N) is 1. The predicted molar refractivity (Wildman–Crippen MR) is 87.8 cm³/mol. The van der Waals surface area contributed by atoms with E-state index in [4.69, 9.17) is 10.5 Å². The zero-order valence-electron chi connectivity index (χ0n) is 13.1. The first kappa shape index (κ1) is 16.9. The first-order valence-corrected chi connectivity index (χ1v) is 8.32. The standard InChI is InChI=1S/C17H25BrFNO/c1-16(2)6-8-17(21-3,9-7-16)15(20)10-12-4-5-13(18)11-14(12)19/h4-5,11,15H,6-10,20H2,1-3H3. The van der Waals surface area contributed by atoms with Gasteiger partial charge < -0.3 is 10.5 Å². The number of halogens is 2. The van der Waals surface area contributed by atoms with Crippen molar-refractivity contribution in [3.05, 3.63) is 34.1 Å². The quantitative estimate of drug-likeness (QED) is 0.864. The summed E-state index contributed by atoms with van der Waals surface area (Å²) in [5.41, 5.74) is 7.10. The molecular formula is C17H25BrFNO. The van der Waals surface area contributed by atoms with Crippen molar-refractivity contribution >= 4 is 15.9 Å². The molecule has 2 rings (SSSR count). The molecule has 0 aromatic heterocycles. The zero-order chi connectivity index (χ0) is 15.7. The molecule has 1 atom stereocenters. The van der Waals surface area contributed by atoms with Gasteiger partial charge in [0.15, 0.2) is 0 Å². The molecule has 0 amide bonds. The summed E-state index contributed by atoms with van der Waals surface area (Å²) in [5.74, 6) is -0.206. The first-order valence-electron chi connectivity index (χ1n) is 7.53. The molecule has 0 heterocycles. The molecule has 1 aromatic rings. The molecule has 118 valence electrons. The van der Waals surface area contributed by atoms with E-state index in [1.807, 2.05) is 6.07 Å². The van der Waals surface area contributed by atoms with Crippen LogP contribution in [0, 0.1) is 11.2 Å². The highest BCUT2D eigenvalue weighted by molar-refractivity contribution is 9.10. The molecule has 0 aliphatic heterocycles. The van der Waals surface area contributed by atoms with Crippen LogP contribution < -0.4 is 5.73 Å². The number of methoxy groups -OCH3 is 1. The highest BCUT2D eigenvalue weighted by atomic mass is 79.9. The lowest BCUT2D eigenvalue weighted by atomic mass is 9.68. The molecule has 4 heteroatoms. The van der Waals surface area contributed by atoms with Crippen LogP contribution in [0.1, 0.15) is 45.1 Å². The van der Waals surface area contributed by atoms with Gasteiger partial charge in [-0.1, -0.05) is 35.8 Å². The molecule has 1 fully saturated rings. The minimum Gasteiger partial charge on any atom is -0.377 e. The van der Waals surface area contributed by atoms with Gasteiger partial charge in [-0.2, -0.15) is 0 Å². The molecule has 0 bridgehead atoms. The molecule has 2 N–H and O–H groups in total. The van der Waals surface area contributed by atoms with Crippen molar-refractivity contribution in [2.45, 2.75) is 57.6 Å². The van der Waals surface area contributed by atoms with Crippen LogP contribution in [0.2, 0.25) is 0 Å². The van der Waals surface area contributed by atoms with E-state index in [1.54, 1.807) is 13.2 Å². The van der Waals surface area contributed by atoms with Crippen LogP contribution in [0.25, 0.3) is 0 Å². The molecule has 1 aliphatic rings. The van der Waals surface area contributed by atoms with E-state index in [2.05, 4.69) is 29.8 Å². The van der Waals surface area contributed by atoms with Crippen LogP contribution in [0.5, 0.6) is 0 Å². The van der Waals surface area contributed by atoms with Crippen molar-refractivity contribution in [1.29, 1.82) is 0 Å². The van der Waals surface area contributed by atoms with Crippen LogP contribution in [0.3, 0.4) is 0 Å². The van der Waals surface area contributed by atoms with Crippen LogP contribution in [-0.4, -0.2) is 18.8 Å². The van der Waals surface area contributed by atoms with Crippen molar-refractivity contribution in [1.82, 2.24) is 0 Å². The van der Waals surface area contributed by atoms with Crippen molar-refractivity contribution in [2.24, 2.45) is 11.1 Å². The number of hydrogen-bond donors (Lipinski definition) is 1. The highest BCUT2D eigenvalue weighted by Crippen LogP contribution is 2.43. The Labute approximate surface area is 135 Å².